The van der Waals surface area contributed by atoms with Crippen molar-refractivity contribution in [2.45, 2.75) is 26.1 Å². The van der Waals surface area contributed by atoms with Crippen molar-refractivity contribution in [2.75, 3.05) is 24.3 Å². The average Bonchev–Trinajstić information content (AvgIpc) is 2.69. The number of rotatable bonds is 5. The largest absolute Gasteiger partial charge is 0.418 e. The highest BCUT2D eigenvalue weighted by Crippen LogP contribution is 2.37. The number of aryl methyl sites for hydroxylation is 1. The smallest absolute Gasteiger partial charge is 0.378 e. The number of hydrogen-bond acceptors (Lipinski definition) is 4. The maximum Gasteiger partial charge on any atom is 0.418 e. The molecule has 0 saturated heterocycles. The number of aromatic nitrogens is 2. The van der Waals surface area contributed by atoms with Gasteiger partial charge in [-0.15, -0.1) is 0 Å². The van der Waals surface area contributed by atoms with Crippen LogP contribution < -0.4 is 15.8 Å². The second kappa shape index (κ2) is 8.17. The number of benzene rings is 2. The fraction of sp³-hybridized carbons (Fsp3) is 0.286. The summed E-state index contributed by atoms with van der Waals surface area (Å²) < 4.78 is 41.9. The van der Waals surface area contributed by atoms with Crippen molar-refractivity contribution in [2.24, 2.45) is 0 Å². The van der Waals surface area contributed by atoms with E-state index in [9.17, 15) is 22.8 Å². The Morgan fingerprint density at radius 1 is 1.13 bits per heavy atom. The lowest BCUT2D eigenvalue weighted by Gasteiger charge is -2.19. The number of amides is 1. The van der Waals surface area contributed by atoms with Crippen molar-refractivity contribution in [3.8, 4) is 0 Å². The summed E-state index contributed by atoms with van der Waals surface area (Å²) in [5.41, 5.74) is -1.45. The predicted molar refractivity (Wildman–Crippen MR) is 110 cm³/mol. The monoisotopic (exact) mass is 418 g/mol. The van der Waals surface area contributed by atoms with Gasteiger partial charge < -0.3 is 10.2 Å². The predicted octanol–water partition coefficient (Wildman–Crippen LogP) is 4.14. The molecule has 0 atom stereocenters. The first-order chi connectivity index (χ1) is 14.1. The maximum absolute atomic E-state index is 13.6. The molecule has 0 spiro atoms. The summed E-state index contributed by atoms with van der Waals surface area (Å²) in [6.45, 7) is 2.14. The summed E-state index contributed by atoms with van der Waals surface area (Å²) >= 11 is 0. The Bertz CT molecular complexity index is 1150. The molecule has 0 aliphatic rings. The molecule has 3 aromatic rings. The molecule has 1 heterocycles. The molecule has 6 nitrogen and oxygen atoms in total. The van der Waals surface area contributed by atoms with Gasteiger partial charge in [0, 0.05) is 31.7 Å². The van der Waals surface area contributed by atoms with Gasteiger partial charge in [0.15, 0.2) is 5.69 Å². The van der Waals surface area contributed by atoms with E-state index >= 15 is 0 Å². The minimum absolute atomic E-state index is 0.108. The Morgan fingerprint density at radius 2 is 1.80 bits per heavy atom. The van der Waals surface area contributed by atoms with Crippen LogP contribution in [0.5, 0.6) is 0 Å². The Labute approximate surface area is 170 Å². The number of anilines is 2. The van der Waals surface area contributed by atoms with Gasteiger partial charge in [0.25, 0.3) is 11.5 Å². The number of carbonyl (C=O) groups excluding carboxylic acids is 1. The second-order valence-corrected chi connectivity index (χ2v) is 7.00. The summed E-state index contributed by atoms with van der Waals surface area (Å²) in [5.74, 6) is -0.820. The minimum Gasteiger partial charge on any atom is -0.378 e. The standard InChI is InChI=1S/C21H21F3N4O2/c1-4-11-28-20(30)15-8-6-5-7-14(15)18(26-28)19(29)25-17-10-9-13(27(2)3)12-16(17)21(22,23)24/h5-10,12H,4,11H2,1-3H3,(H,25,29). The Morgan fingerprint density at radius 3 is 2.40 bits per heavy atom. The van der Waals surface area contributed by atoms with Gasteiger partial charge in [-0.3, -0.25) is 9.59 Å². The normalized spacial score (nSPS) is 11.5. The van der Waals surface area contributed by atoms with Gasteiger partial charge in [0.05, 0.1) is 16.6 Å². The van der Waals surface area contributed by atoms with E-state index < -0.39 is 17.6 Å². The van der Waals surface area contributed by atoms with Gasteiger partial charge in [0.2, 0.25) is 0 Å². The first kappa shape index (κ1) is 21.4. The topological polar surface area (TPSA) is 67.2 Å². The number of nitrogens with zero attached hydrogens (tertiary/aromatic N) is 3. The Kier molecular flexibility index (Phi) is 5.82. The van der Waals surface area contributed by atoms with Gasteiger partial charge in [-0.1, -0.05) is 25.1 Å². The van der Waals surface area contributed by atoms with E-state index in [4.69, 9.17) is 0 Å². The van der Waals surface area contributed by atoms with Crippen LogP contribution in [0, 0.1) is 0 Å². The molecule has 0 bridgehead atoms. The molecule has 0 saturated carbocycles. The zero-order valence-corrected chi connectivity index (χ0v) is 16.7. The van der Waals surface area contributed by atoms with Gasteiger partial charge in [-0.05, 0) is 30.7 Å². The van der Waals surface area contributed by atoms with E-state index in [0.717, 1.165) is 10.7 Å². The van der Waals surface area contributed by atoms with Gasteiger partial charge >= 0.3 is 6.18 Å². The molecule has 0 aliphatic heterocycles. The van der Waals surface area contributed by atoms with E-state index in [1.807, 2.05) is 6.92 Å². The van der Waals surface area contributed by atoms with Crippen LogP contribution in [0.4, 0.5) is 24.5 Å². The molecule has 0 aliphatic carbocycles. The molecular formula is C21H21F3N4O2. The fourth-order valence-corrected chi connectivity index (χ4v) is 3.10. The Hall–Kier alpha value is -3.36. The lowest BCUT2D eigenvalue weighted by Crippen LogP contribution is -2.28. The third-order valence-corrected chi connectivity index (χ3v) is 4.59. The maximum atomic E-state index is 13.6. The number of hydrogen-bond donors (Lipinski definition) is 1. The molecule has 0 unspecified atom stereocenters. The lowest BCUT2D eigenvalue weighted by atomic mass is 10.1. The summed E-state index contributed by atoms with van der Waals surface area (Å²) in [4.78, 5) is 27.0. The molecule has 1 aromatic heterocycles. The van der Waals surface area contributed by atoms with Crippen molar-refractivity contribution >= 4 is 28.1 Å². The number of fused-ring (bicyclic) bond motifs is 1. The highest BCUT2D eigenvalue weighted by atomic mass is 19.4. The molecule has 9 heteroatoms. The van der Waals surface area contributed by atoms with Gasteiger partial charge in [0.1, 0.15) is 0 Å². The molecule has 1 N–H and O–H groups in total. The highest BCUT2D eigenvalue weighted by Gasteiger charge is 2.34. The first-order valence-electron chi connectivity index (χ1n) is 9.33. The summed E-state index contributed by atoms with van der Waals surface area (Å²) in [6, 6.07) is 10.1. The van der Waals surface area contributed by atoms with E-state index in [-0.39, 0.29) is 34.3 Å². The number of halogens is 3. The Balaban J connectivity index is 2.10. The molecule has 158 valence electrons. The van der Waals surface area contributed by atoms with Crippen LogP contribution in [0.3, 0.4) is 0 Å². The van der Waals surface area contributed by atoms with Crippen LogP contribution in [0.25, 0.3) is 10.8 Å². The van der Waals surface area contributed by atoms with E-state index in [0.29, 0.717) is 12.1 Å². The molecular weight excluding hydrogens is 397 g/mol. The molecule has 30 heavy (non-hydrogen) atoms. The van der Waals surface area contributed by atoms with Gasteiger partial charge in [-0.25, -0.2) is 4.68 Å². The van der Waals surface area contributed by atoms with Crippen molar-refractivity contribution in [1.82, 2.24) is 9.78 Å². The first-order valence-corrected chi connectivity index (χ1v) is 9.33. The quantitative estimate of drug-likeness (QED) is 0.676. The highest BCUT2D eigenvalue weighted by molar-refractivity contribution is 6.11. The van der Waals surface area contributed by atoms with Crippen LogP contribution in [-0.4, -0.2) is 29.8 Å². The summed E-state index contributed by atoms with van der Waals surface area (Å²) in [5, 5.41) is 7.02. The number of carbonyl (C=O) groups is 1. The van der Waals surface area contributed by atoms with Crippen LogP contribution in [0.2, 0.25) is 0 Å². The van der Waals surface area contributed by atoms with Crippen LogP contribution in [-0.2, 0) is 12.7 Å². The molecule has 0 fully saturated rings. The SMILES string of the molecule is CCCn1nc(C(=O)Nc2ccc(N(C)C)cc2C(F)(F)F)c2ccccc2c1=O. The third kappa shape index (κ3) is 4.14. The molecule has 2 aromatic carbocycles. The second-order valence-electron chi connectivity index (χ2n) is 7.00. The summed E-state index contributed by atoms with van der Waals surface area (Å²) in [7, 11) is 3.25. The number of nitrogens with one attached hydrogen (secondary N) is 1. The molecule has 0 radical (unpaired) electrons. The van der Waals surface area contributed by atoms with Crippen LogP contribution >= 0.6 is 0 Å². The minimum atomic E-state index is -4.66. The zero-order valence-electron chi connectivity index (χ0n) is 16.7. The average molecular weight is 418 g/mol. The van der Waals surface area contributed by atoms with E-state index in [2.05, 4.69) is 10.4 Å². The van der Waals surface area contributed by atoms with Crippen molar-refractivity contribution in [1.29, 1.82) is 0 Å². The van der Waals surface area contributed by atoms with Crippen molar-refractivity contribution in [3.05, 3.63) is 64.1 Å². The van der Waals surface area contributed by atoms with Crippen LogP contribution in [0.1, 0.15) is 29.4 Å². The molecule has 1 amide bonds. The third-order valence-electron chi connectivity index (χ3n) is 4.59. The van der Waals surface area contributed by atoms with E-state index in [1.54, 1.807) is 38.4 Å². The van der Waals surface area contributed by atoms with E-state index in [1.165, 1.54) is 17.0 Å². The lowest BCUT2D eigenvalue weighted by molar-refractivity contribution is -0.136. The van der Waals surface area contributed by atoms with Gasteiger partial charge in [-0.2, -0.15) is 18.3 Å². The van der Waals surface area contributed by atoms with Crippen molar-refractivity contribution in [3.63, 3.8) is 0 Å². The zero-order chi connectivity index (χ0) is 22.1. The van der Waals surface area contributed by atoms with Crippen LogP contribution in [0.15, 0.2) is 47.3 Å². The summed E-state index contributed by atoms with van der Waals surface area (Å²) in [6.07, 6.45) is -4.05. The number of alkyl halides is 3. The molecule has 3 rings (SSSR count). The fourth-order valence-electron chi connectivity index (χ4n) is 3.10. The van der Waals surface area contributed by atoms with Crippen molar-refractivity contribution < 1.29 is 18.0 Å².